The summed E-state index contributed by atoms with van der Waals surface area (Å²) < 4.78 is 16.3. The van der Waals surface area contributed by atoms with Crippen molar-refractivity contribution in [1.29, 1.82) is 0 Å². The van der Waals surface area contributed by atoms with Crippen LogP contribution in [0.2, 0.25) is 0 Å². The van der Waals surface area contributed by atoms with Crippen LogP contribution in [0.25, 0.3) is 6.08 Å². The zero-order valence-corrected chi connectivity index (χ0v) is 19.4. The molecule has 0 bridgehead atoms. The van der Waals surface area contributed by atoms with Crippen LogP contribution in [-0.4, -0.2) is 49.6 Å². The molecule has 3 aromatic rings. The maximum Gasteiger partial charge on any atom is 0.299 e. The third kappa shape index (κ3) is 4.06. The fraction of sp³-hybridized carbons (Fsp3) is 0.111. The minimum absolute atomic E-state index is 0.215. The van der Waals surface area contributed by atoms with E-state index < -0.39 is 5.91 Å². The minimum Gasteiger partial charge on any atom is -0.493 e. The Morgan fingerprint density at radius 3 is 1.86 bits per heavy atom. The summed E-state index contributed by atoms with van der Waals surface area (Å²) in [5.74, 6) is 1.19. The van der Waals surface area contributed by atoms with Gasteiger partial charge in [-0.3, -0.25) is 4.79 Å². The van der Waals surface area contributed by atoms with Crippen molar-refractivity contribution in [2.24, 2.45) is 15.1 Å². The molecule has 0 atom stereocenters. The molecule has 8 nitrogen and oxygen atoms in total. The van der Waals surface area contributed by atoms with Gasteiger partial charge >= 0.3 is 0 Å². The van der Waals surface area contributed by atoms with E-state index in [1.54, 1.807) is 18.2 Å². The average Bonchev–Trinajstić information content (AvgIpc) is 3.21. The van der Waals surface area contributed by atoms with E-state index >= 15 is 0 Å². The van der Waals surface area contributed by atoms with Crippen molar-refractivity contribution in [2.75, 3.05) is 21.3 Å². The van der Waals surface area contributed by atoms with Crippen molar-refractivity contribution in [3.05, 3.63) is 95.2 Å². The molecule has 0 N–H and O–H groups in total. The highest BCUT2D eigenvalue weighted by molar-refractivity contribution is 6.55. The van der Waals surface area contributed by atoms with E-state index in [1.165, 1.54) is 26.3 Å². The molecule has 174 valence electrons. The fourth-order valence-corrected chi connectivity index (χ4v) is 3.92. The van der Waals surface area contributed by atoms with Crippen molar-refractivity contribution in [3.8, 4) is 17.2 Å². The number of amides is 1. The molecule has 0 fully saturated rings. The summed E-state index contributed by atoms with van der Waals surface area (Å²) in [5, 5.41) is 6.30. The number of guanidine groups is 1. The van der Waals surface area contributed by atoms with E-state index in [1.807, 2.05) is 60.7 Å². The molecular formula is C27H22N4O4. The first-order chi connectivity index (χ1) is 17.1. The number of carbonyl (C=O) groups is 1. The van der Waals surface area contributed by atoms with Crippen molar-refractivity contribution in [3.63, 3.8) is 0 Å². The predicted molar refractivity (Wildman–Crippen MR) is 134 cm³/mol. The lowest BCUT2D eigenvalue weighted by molar-refractivity contribution is -0.114. The number of carbonyl (C=O) groups excluding carboxylic acids is 1. The second-order valence-corrected chi connectivity index (χ2v) is 7.66. The highest BCUT2D eigenvalue weighted by atomic mass is 16.5. The average molecular weight is 466 g/mol. The van der Waals surface area contributed by atoms with Gasteiger partial charge in [0.25, 0.3) is 11.9 Å². The normalized spacial score (nSPS) is 15.9. The van der Waals surface area contributed by atoms with E-state index in [4.69, 9.17) is 24.3 Å². The first-order valence-electron chi connectivity index (χ1n) is 10.9. The van der Waals surface area contributed by atoms with Crippen LogP contribution in [0, 0.1) is 0 Å². The molecule has 0 aromatic heterocycles. The molecule has 1 amide bonds. The largest absolute Gasteiger partial charge is 0.493 e. The number of hydrazone groups is 1. The Labute approximate surface area is 202 Å². The Bertz CT molecular complexity index is 1380. The van der Waals surface area contributed by atoms with Crippen LogP contribution in [0.15, 0.2) is 93.6 Å². The number of hydrogen-bond acceptors (Lipinski definition) is 7. The minimum atomic E-state index is -0.442. The summed E-state index contributed by atoms with van der Waals surface area (Å²) in [7, 11) is 4.61. The Balaban J connectivity index is 1.62. The molecule has 3 aromatic carbocycles. The molecular weight excluding hydrogens is 444 g/mol. The lowest BCUT2D eigenvalue weighted by Gasteiger charge is -2.22. The van der Waals surface area contributed by atoms with E-state index in [9.17, 15) is 4.79 Å². The van der Waals surface area contributed by atoms with E-state index in [2.05, 4.69) is 4.99 Å². The first kappa shape index (κ1) is 22.1. The second kappa shape index (κ2) is 9.26. The Hall–Kier alpha value is -4.72. The third-order valence-corrected chi connectivity index (χ3v) is 5.56. The van der Waals surface area contributed by atoms with Gasteiger partial charge in [-0.05, 0) is 23.8 Å². The number of fused-ring (bicyclic) bond motifs is 1. The van der Waals surface area contributed by atoms with E-state index in [-0.39, 0.29) is 11.7 Å². The summed E-state index contributed by atoms with van der Waals surface area (Å²) in [4.78, 5) is 21.8. The third-order valence-electron chi connectivity index (χ3n) is 5.56. The molecule has 0 aliphatic carbocycles. The van der Waals surface area contributed by atoms with Crippen LogP contribution >= 0.6 is 0 Å². The quantitative estimate of drug-likeness (QED) is 0.510. The van der Waals surface area contributed by atoms with Crippen molar-refractivity contribution in [2.45, 2.75) is 0 Å². The monoisotopic (exact) mass is 466 g/mol. The molecule has 0 radical (unpaired) electrons. The number of aliphatic imine (C=N–C) groups is 2. The number of rotatable bonds is 6. The smallest absolute Gasteiger partial charge is 0.299 e. The first-order valence-corrected chi connectivity index (χ1v) is 10.9. The van der Waals surface area contributed by atoms with Crippen LogP contribution in [-0.2, 0) is 4.79 Å². The molecule has 35 heavy (non-hydrogen) atoms. The van der Waals surface area contributed by atoms with Gasteiger partial charge in [-0.1, -0.05) is 60.7 Å². The Morgan fingerprint density at radius 2 is 1.31 bits per heavy atom. The lowest BCUT2D eigenvalue weighted by atomic mass is 9.99. The molecule has 8 heteroatoms. The van der Waals surface area contributed by atoms with Gasteiger partial charge in [-0.15, -0.1) is 0 Å². The molecule has 5 rings (SSSR count). The van der Waals surface area contributed by atoms with Gasteiger partial charge in [-0.2, -0.15) is 15.1 Å². The summed E-state index contributed by atoms with van der Waals surface area (Å²) >= 11 is 0. The van der Waals surface area contributed by atoms with E-state index in [0.29, 0.717) is 34.2 Å². The van der Waals surface area contributed by atoms with Gasteiger partial charge in [-0.25, -0.2) is 4.99 Å². The lowest BCUT2D eigenvalue weighted by Crippen LogP contribution is -2.32. The van der Waals surface area contributed by atoms with E-state index in [0.717, 1.165) is 11.1 Å². The van der Waals surface area contributed by atoms with Crippen molar-refractivity contribution >= 4 is 29.4 Å². The SMILES string of the molecule is COc1cc(C=C2C(=O)N=C3N=C(c4ccccc4)C(c4ccccc4)=NN23)cc(OC)c1OC. The van der Waals surface area contributed by atoms with Crippen LogP contribution < -0.4 is 14.2 Å². The maximum absolute atomic E-state index is 12.9. The zero-order chi connectivity index (χ0) is 24.4. The maximum atomic E-state index is 12.9. The van der Waals surface area contributed by atoms with Gasteiger partial charge in [0.05, 0.1) is 21.3 Å². The highest BCUT2D eigenvalue weighted by Crippen LogP contribution is 2.39. The van der Waals surface area contributed by atoms with Crippen LogP contribution in [0.3, 0.4) is 0 Å². The van der Waals surface area contributed by atoms with Gasteiger partial charge in [0.1, 0.15) is 17.1 Å². The summed E-state index contributed by atoms with van der Waals surface area (Å²) in [5.41, 5.74) is 3.97. The number of hydrogen-bond donors (Lipinski definition) is 0. The molecule has 2 heterocycles. The summed E-state index contributed by atoms with van der Waals surface area (Å²) in [6, 6.07) is 23.0. The second-order valence-electron chi connectivity index (χ2n) is 7.66. The molecule has 0 spiro atoms. The predicted octanol–water partition coefficient (Wildman–Crippen LogP) is 4.16. The Kier molecular flexibility index (Phi) is 5.85. The standard InChI is InChI=1S/C27H22N4O4/c1-33-21-15-17(16-22(34-2)25(21)35-3)14-20-26(32)29-27-28-23(18-10-6-4-7-11-18)24(30-31(20)27)19-12-8-5-9-13-19/h4-16H,1-3H3. The number of nitrogens with zero attached hydrogens (tertiary/aromatic N) is 4. The molecule has 0 unspecified atom stereocenters. The van der Waals surface area contributed by atoms with Gasteiger partial charge in [0, 0.05) is 11.1 Å². The fourth-order valence-electron chi connectivity index (χ4n) is 3.92. The van der Waals surface area contributed by atoms with Gasteiger partial charge < -0.3 is 14.2 Å². The van der Waals surface area contributed by atoms with Crippen LogP contribution in [0.1, 0.15) is 16.7 Å². The van der Waals surface area contributed by atoms with Crippen molar-refractivity contribution in [1.82, 2.24) is 5.01 Å². The van der Waals surface area contributed by atoms with Crippen molar-refractivity contribution < 1.29 is 19.0 Å². The number of benzene rings is 3. The van der Waals surface area contributed by atoms with Crippen LogP contribution in [0.4, 0.5) is 0 Å². The van der Waals surface area contributed by atoms with Crippen LogP contribution in [0.5, 0.6) is 17.2 Å². The molecule has 2 aliphatic heterocycles. The molecule has 0 saturated heterocycles. The van der Waals surface area contributed by atoms with Gasteiger partial charge in [0.2, 0.25) is 5.75 Å². The highest BCUT2D eigenvalue weighted by Gasteiger charge is 2.35. The zero-order valence-electron chi connectivity index (χ0n) is 19.4. The van der Waals surface area contributed by atoms with Gasteiger partial charge in [0.15, 0.2) is 11.5 Å². The topological polar surface area (TPSA) is 85.1 Å². The molecule has 2 aliphatic rings. The number of ether oxygens (including phenoxy) is 3. The summed E-state index contributed by atoms with van der Waals surface area (Å²) in [6.07, 6.45) is 1.68. The number of methoxy groups -OCH3 is 3. The molecule has 0 saturated carbocycles. The Morgan fingerprint density at radius 1 is 0.743 bits per heavy atom. The summed E-state index contributed by atoms with van der Waals surface area (Å²) in [6.45, 7) is 0.